The lowest BCUT2D eigenvalue weighted by atomic mass is 10.2. The highest BCUT2D eigenvalue weighted by Crippen LogP contribution is 2.22. The Morgan fingerprint density at radius 2 is 2.18 bits per heavy atom. The summed E-state index contributed by atoms with van der Waals surface area (Å²) >= 11 is 1.35. The molecule has 0 bridgehead atoms. The van der Waals surface area contributed by atoms with Gasteiger partial charge in [0.25, 0.3) is 0 Å². The minimum Gasteiger partial charge on any atom is -0.383 e. The zero-order valence-electron chi connectivity index (χ0n) is 9.97. The van der Waals surface area contributed by atoms with E-state index in [1.807, 2.05) is 13.8 Å². The van der Waals surface area contributed by atoms with Gasteiger partial charge in [-0.25, -0.2) is 0 Å². The lowest BCUT2D eigenvalue weighted by Crippen LogP contribution is -2.39. The molecule has 6 nitrogen and oxygen atoms in total. The molecule has 0 fully saturated rings. The maximum absolute atomic E-state index is 11.5. The van der Waals surface area contributed by atoms with Crippen molar-refractivity contribution in [2.24, 2.45) is 5.73 Å². The second-order valence-electron chi connectivity index (χ2n) is 3.65. The van der Waals surface area contributed by atoms with E-state index in [1.165, 1.54) is 18.4 Å². The number of nitrogens with two attached hydrogens (primary N) is 1. The van der Waals surface area contributed by atoms with E-state index >= 15 is 0 Å². The van der Waals surface area contributed by atoms with Gasteiger partial charge < -0.3 is 10.5 Å². The predicted octanol–water partition coefficient (Wildman–Crippen LogP) is 0.995. The van der Waals surface area contributed by atoms with Crippen molar-refractivity contribution in [3.8, 4) is 0 Å². The number of halogens is 1. The topological polar surface area (TPSA) is 90.1 Å². The minimum atomic E-state index is -0.684. The van der Waals surface area contributed by atoms with Crippen molar-refractivity contribution in [2.45, 2.75) is 25.8 Å². The summed E-state index contributed by atoms with van der Waals surface area (Å²) in [7, 11) is 1.49. The van der Waals surface area contributed by atoms with Gasteiger partial charge in [0.1, 0.15) is 11.0 Å². The third kappa shape index (κ3) is 4.95. The molecule has 1 aromatic heterocycles. The molecule has 1 heterocycles. The molecule has 98 valence electrons. The Hall–Kier alpha value is -0.760. The summed E-state index contributed by atoms with van der Waals surface area (Å²) in [5, 5.41) is 11.8. The second-order valence-corrected chi connectivity index (χ2v) is 4.66. The Morgan fingerprint density at radius 1 is 1.53 bits per heavy atom. The number of hydrogen-bond acceptors (Lipinski definition) is 6. The Morgan fingerprint density at radius 3 is 2.65 bits per heavy atom. The summed E-state index contributed by atoms with van der Waals surface area (Å²) in [5.41, 5.74) is 5.56. The van der Waals surface area contributed by atoms with Crippen LogP contribution in [-0.4, -0.2) is 35.9 Å². The second kappa shape index (κ2) is 7.54. The average Bonchev–Trinajstić information content (AvgIpc) is 2.66. The van der Waals surface area contributed by atoms with E-state index in [0.717, 1.165) is 5.01 Å². The summed E-state index contributed by atoms with van der Waals surface area (Å²) in [4.78, 5) is 11.5. The summed E-state index contributed by atoms with van der Waals surface area (Å²) in [6, 6.07) is -0.684. The molecule has 1 unspecified atom stereocenters. The van der Waals surface area contributed by atoms with Gasteiger partial charge in [-0.15, -0.1) is 22.6 Å². The zero-order valence-corrected chi connectivity index (χ0v) is 11.6. The Balaban J connectivity index is 0.00000256. The van der Waals surface area contributed by atoms with E-state index in [0.29, 0.717) is 11.0 Å². The summed E-state index contributed by atoms with van der Waals surface area (Å²) in [6.45, 7) is 4.22. The number of aromatic nitrogens is 2. The monoisotopic (exact) mass is 280 g/mol. The molecule has 8 heteroatoms. The Kier molecular flexibility index (Phi) is 7.21. The number of nitrogens with zero attached hydrogens (tertiary/aromatic N) is 2. The van der Waals surface area contributed by atoms with Gasteiger partial charge in [0, 0.05) is 13.0 Å². The third-order valence-electron chi connectivity index (χ3n) is 1.85. The normalized spacial score (nSPS) is 12.1. The molecule has 1 amide bonds. The van der Waals surface area contributed by atoms with Crippen molar-refractivity contribution in [3.63, 3.8) is 0 Å². The lowest BCUT2D eigenvalue weighted by Gasteiger charge is -2.08. The highest BCUT2D eigenvalue weighted by molar-refractivity contribution is 7.15. The molecular weight excluding hydrogens is 264 g/mol. The van der Waals surface area contributed by atoms with Crippen LogP contribution in [0.4, 0.5) is 5.13 Å². The molecule has 0 radical (unpaired) electrons. The van der Waals surface area contributed by atoms with Gasteiger partial charge in [0.15, 0.2) is 0 Å². The molecule has 3 N–H and O–H groups in total. The summed E-state index contributed by atoms with van der Waals surface area (Å²) in [6.07, 6.45) is 0. The van der Waals surface area contributed by atoms with Crippen LogP contribution < -0.4 is 11.1 Å². The maximum Gasteiger partial charge on any atom is 0.245 e. The smallest absolute Gasteiger partial charge is 0.245 e. The van der Waals surface area contributed by atoms with Crippen LogP contribution in [0, 0.1) is 0 Å². The fourth-order valence-corrected chi connectivity index (χ4v) is 1.72. The predicted molar refractivity (Wildman–Crippen MR) is 69.7 cm³/mol. The number of carbonyl (C=O) groups is 1. The first-order chi connectivity index (χ1) is 7.54. The highest BCUT2D eigenvalue weighted by Gasteiger charge is 2.16. The molecule has 0 aliphatic rings. The molecule has 0 aliphatic carbocycles. The highest BCUT2D eigenvalue weighted by atomic mass is 35.5. The van der Waals surface area contributed by atoms with Crippen LogP contribution >= 0.6 is 23.7 Å². The molecule has 1 rings (SSSR count). The first-order valence-electron chi connectivity index (χ1n) is 4.93. The summed E-state index contributed by atoms with van der Waals surface area (Å²) in [5.74, 6) is -0.0101. The average molecular weight is 281 g/mol. The van der Waals surface area contributed by atoms with Crippen LogP contribution in [0.1, 0.15) is 24.8 Å². The van der Waals surface area contributed by atoms with Gasteiger partial charge in [0.05, 0.1) is 6.61 Å². The molecular formula is C9H17ClN4O2S. The molecule has 0 aromatic carbocycles. The quantitative estimate of drug-likeness (QED) is 0.840. The number of amides is 1. The zero-order chi connectivity index (χ0) is 12.1. The van der Waals surface area contributed by atoms with E-state index in [-0.39, 0.29) is 24.9 Å². The number of nitrogens with one attached hydrogen (secondary N) is 1. The van der Waals surface area contributed by atoms with Crippen LogP contribution in [0.3, 0.4) is 0 Å². The third-order valence-corrected chi connectivity index (χ3v) is 2.99. The van der Waals surface area contributed by atoms with E-state index in [2.05, 4.69) is 15.5 Å². The number of methoxy groups -OCH3 is 1. The van der Waals surface area contributed by atoms with E-state index in [4.69, 9.17) is 10.5 Å². The number of carbonyl (C=O) groups excluding carboxylic acids is 1. The van der Waals surface area contributed by atoms with Crippen LogP contribution in [0.5, 0.6) is 0 Å². The largest absolute Gasteiger partial charge is 0.383 e. The van der Waals surface area contributed by atoms with Crippen molar-refractivity contribution in [3.05, 3.63) is 5.01 Å². The van der Waals surface area contributed by atoms with Gasteiger partial charge >= 0.3 is 0 Å². The minimum absolute atomic E-state index is 0. The van der Waals surface area contributed by atoms with Gasteiger partial charge in [0.2, 0.25) is 11.0 Å². The lowest BCUT2D eigenvalue weighted by molar-refractivity contribution is -0.118. The van der Waals surface area contributed by atoms with Crippen molar-refractivity contribution >= 4 is 34.8 Å². The van der Waals surface area contributed by atoms with Crippen molar-refractivity contribution in [1.82, 2.24) is 10.2 Å². The first-order valence-corrected chi connectivity index (χ1v) is 5.75. The summed E-state index contributed by atoms with van der Waals surface area (Å²) < 4.78 is 4.79. The van der Waals surface area contributed by atoms with Gasteiger partial charge in [-0.1, -0.05) is 25.2 Å². The van der Waals surface area contributed by atoms with Gasteiger partial charge in [-0.05, 0) is 0 Å². The Bertz CT molecular complexity index is 359. The fraction of sp³-hybridized carbons (Fsp3) is 0.667. The van der Waals surface area contributed by atoms with Crippen LogP contribution in [0.2, 0.25) is 0 Å². The molecule has 0 aliphatic heterocycles. The van der Waals surface area contributed by atoms with Crippen LogP contribution in [0.15, 0.2) is 0 Å². The molecule has 0 spiro atoms. The van der Waals surface area contributed by atoms with Crippen molar-refractivity contribution in [1.29, 1.82) is 0 Å². The molecule has 1 aromatic rings. The molecule has 0 saturated carbocycles. The van der Waals surface area contributed by atoms with Gasteiger partial charge in [-0.2, -0.15) is 0 Å². The fourth-order valence-electron chi connectivity index (χ4n) is 0.972. The van der Waals surface area contributed by atoms with Crippen LogP contribution in [0.25, 0.3) is 0 Å². The standard InChI is InChI=1S/C9H16N4O2S.ClH/c1-5(2)8-12-13-9(16-8)11-7(14)6(10)4-15-3;/h5-6H,4,10H2,1-3H3,(H,11,13,14);1H. The van der Waals surface area contributed by atoms with Gasteiger partial charge in [-0.3, -0.25) is 10.1 Å². The van der Waals surface area contributed by atoms with Crippen molar-refractivity contribution < 1.29 is 9.53 Å². The molecule has 0 saturated heterocycles. The SMILES string of the molecule is COCC(N)C(=O)Nc1nnc(C(C)C)s1.Cl. The maximum atomic E-state index is 11.5. The molecule has 17 heavy (non-hydrogen) atoms. The Labute approximate surface area is 110 Å². The number of ether oxygens (including phenoxy) is 1. The first kappa shape index (κ1) is 16.2. The number of hydrogen-bond donors (Lipinski definition) is 2. The number of rotatable bonds is 5. The van der Waals surface area contributed by atoms with Crippen LogP contribution in [-0.2, 0) is 9.53 Å². The van der Waals surface area contributed by atoms with E-state index in [9.17, 15) is 4.79 Å². The van der Waals surface area contributed by atoms with E-state index < -0.39 is 6.04 Å². The molecule has 1 atom stereocenters. The van der Waals surface area contributed by atoms with Crippen molar-refractivity contribution in [2.75, 3.05) is 19.0 Å². The van der Waals surface area contributed by atoms with E-state index in [1.54, 1.807) is 0 Å². The number of anilines is 1.